The number of hydrogen-bond acceptors (Lipinski definition) is 2. The number of aromatic nitrogens is 2. The zero-order valence-corrected chi connectivity index (χ0v) is 6.29. The number of carbonyl (C=O) groups is 1. The van der Waals surface area contributed by atoms with Crippen LogP contribution in [0.4, 0.5) is 0 Å². The molecule has 2 heterocycles. The summed E-state index contributed by atoms with van der Waals surface area (Å²) in [5.41, 5.74) is 0.722. The summed E-state index contributed by atoms with van der Waals surface area (Å²) < 4.78 is 2.01. The minimum Gasteiger partial charge on any atom is -0.326 e. The van der Waals surface area contributed by atoms with E-state index in [0.29, 0.717) is 0 Å². The smallest absolute Gasteiger partial charge is 0.168 e. The van der Waals surface area contributed by atoms with Gasteiger partial charge in [0, 0.05) is 13.0 Å². The third-order valence-corrected chi connectivity index (χ3v) is 2.12. The molecule has 0 aliphatic carbocycles. The van der Waals surface area contributed by atoms with Crippen LogP contribution in [0.3, 0.4) is 0 Å². The first-order valence-electron chi connectivity index (χ1n) is 3.91. The number of carbonyl (C=O) groups excluding carboxylic acids is 1. The Balaban J connectivity index is 2.45. The predicted octanol–water partition coefficient (Wildman–Crippen LogP) is 1.03. The second-order valence-corrected chi connectivity index (χ2v) is 2.83. The van der Waals surface area contributed by atoms with Crippen molar-refractivity contribution >= 4 is 6.29 Å². The highest BCUT2D eigenvalue weighted by Crippen LogP contribution is 2.14. The molecule has 0 saturated carbocycles. The van der Waals surface area contributed by atoms with Crippen LogP contribution in [0.15, 0.2) is 6.20 Å². The lowest BCUT2D eigenvalue weighted by atomic mass is 10.2. The van der Waals surface area contributed by atoms with Gasteiger partial charge in [-0.25, -0.2) is 4.98 Å². The Hall–Kier alpha value is -1.12. The first-order valence-corrected chi connectivity index (χ1v) is 3.91. The number of hydrogen-bond donors (Lipinski definition) is 0. The molecule has 1 aliphatic heterocycles. The number of fused-ring (bicyclic) bond motifs is 1. The van der Waals surface area contributed by atoms with Crippen LogP contribution in [-0.2, 0) is 13.0 Å². The lowest BCUT2D eigenvalue weighted by Crippen LogP contribution is -2.12. The molecule has 0 radical (unpaired) electrons. The van der Waals surface area contributed by atoms with Crippen LogP contribution in [0, 0.1) is 0 Å². The predicted molar refractivity (Wildman–Crippen MR) is 40.6 cm³/mol. The topological polar surface area (TPSA) is 34.9 Å². The molecule has 3 heteroatoms. The van der Waals surface area contributed by atoms with E-state index >= 15 is 0 Å². The van der Waals surface area contributed by atoms with Gasteiger partial charge in [-0.1, -0.05) is 0 Å². The van der Waals surface area contributed by atoms with Crippen molar-refractivity contribution < 1.29 is 4.79 Å². The Labute approximate surface area is 65.1 Å². The van der Waals surface area contributed by atoms with Crippen molar-refractivity contribution in [1.82, 2.24) is 9.55 Å². The van der Waals surface area contributed by atoms with Gasteiger partial charge in [-0.15, -0.1) is 0 Å². The van der Waals surface area contributed by atoms with Gasteiger partial charge < -0.3 is 4.57 Å². The van der Waals surface area contributed by atoms with E-state index in [0.717, 1.165) is 30.8 Å². The van der Waals surface area contributed by atoms with Crippen LogP contribution in [0.2, 0.25) is 0 Å². The van der Waals surface area contributed by atoms with Crippen molar-refractivity contribution in [2.75, 3.05) is 0 Å². The molecule has 0 amide bonds. The minimum absolute atomic E-state index is 0.722. The van der Waals surface area contributed by atoms with E-state index in [9.17, 15) is 4.79 Å². The first-order chi connectivity index (χ1) is 5.42. The fourth-order valence-corrected chi connectivity index (χ4v) is 1.53. The molecule has 0 unspecified atom stereocenters. The highest BCUT2D eigenvalue weighted by molar-refractivity contribution is 5.71. The molecule has 0 atom stereocenters. The zero-order chi connectivity index (χ0) is 7.68. The molecule has 1 aromatic heterocycles. The van der Waals surface area contributed by atoms with Gasteiger partial charge in [0.25, 0.3) is 0 Å². The van der Waals surface area contributed by atoms with Gasteiger partial charge in [0.15, 0.2) is 6.29 Å². The van der Waals surface area contributed by atoms with Crippen LogP contribution in [-0.4, -0.2) is 15.8 Å². The molecule has 0 fully saturated rings. The molecule has 0 saturated heterocycles. The molecule has 3 nitrogen and oxygen atoms in total. The van der Waals surface area contributed by atoms with Crippen molar-refractivity contribution in [3.8, 4) is 0 Å². The lowest BCUT2D eigenvalue weighted by molar-refractivity contribution is 0.111. The molecular formula is C8H10N2O. The molecule has 58 valence electrons. The third kappa shape index (κ3) is 0.964. The van der Waals surface area contributed by atoms with Gasteiger partial charge in [-0.3, -0.25) is 4.79 Å². The Morgan fingerprint density at radius 3 is 3.27 bits per heavy atom. The van der Waals surface area contributed by atoms with E-state index in [-0.39, 0.29) is 0 Å². The Kier molecular flexibility index (Phi) is 1.49. The second kappa shape index (κ2) is 2.49. The van der Waals surface area contributed by atoms with Crippen molar-refractivity contribution in [2.45, 2.75) is 25.8 Å². The fraction of sp³-hybridized carbons (Fsp3) is 0.500. The average Bonchev–Trinajstić information content (AvgIpc) is 2.47. The summed E-state index contributed by atoms with van der Waals surface area (Å²) in [6.07, 6.45) is 5.93. The average molecular weight is 150 g/mol. The molecule has 1 aliphatic rings. The fourth-order valence-electron chi connectivity index (χ4n) is 1.53. The molecular weight excluding hydrogens is 140 g/mol. The third-order valence-electron chi connectivity index (χ3n) is 2.12. The number of aryl methyl sites for hydroxylation is 1. The van der Waals surface area contributed by atoms with Crippen molar-refractivity contribution in [2.24, 2.45) is 0 Å². The quantitative estimate of drug-likeness (QED) is 0.560. The van der Waals surface area contributed by atoms with Gasteiger partial charge in [-0.2, -0.15) is 0 Å². The maximum atomic E-state index is 10.5. The zero-order valence-electron chi connectivity index (χ0n) is 6.29. The van der Waals surface area contributed by atoms with Crippen molar-refractivity contribution in [1.29, 1.82) is 0 Å². The van der Waals surface area contributed by atoms with Gasteiger partial charge in [0.05, 0.1) is 6.20 Å². The van der Waals surface area contributed by atoms with Gasteiger partial charge in [0.1, 0.15) is 11.5 Å². The summed E-state index contributed by atoms with van der Waals surface area (Å²) in [5.74, 6) is 1.07. The number of aldehydes is 1. The lowest BCUT2D eigenvalue weighted by Gasteiger charge is -2.13. The van der Waals surface area contributed by atoms with E-state index in [1.54, 1.807) is 6.20 Å². The number of rotatable bonds is 1. The summed E-state index contributed by atoms with van der Waals surface area (Å²) >= 11 is 0. The number of nitrogens with zero attached hydrogens (tertiary/aromatic N) is 2. The van der Waals surface area contributed by atoms with Gasteiger partial charge in [0.2, 0.25) is 0 Å². The molecule has 0 spiro atoms. The van der Waals surface area contributed by atoms with Crippen LogP contribution >= 0.6 is 0 Å². The summed E-state index contributed by atoms with van der Waals surface area (Å²) in [5, 5.41) is 0. The van der Waals surface area contributed by atoms with Crippen LogP contribution in [0.5, 0.6) is 0 Å². The summed E-state index contributed by atoms with van der Waals surface area (Å²) in [6, 6.07) is 0. The van der Waals surface area contributed by atoms with Crippen LogP contribution in [0.25, 0.3) is 0 Å². The molecule has 0 bridgehead atoms. The largest absolute Gasteiger partial charge is 0.326 e. The highest BCUT2D eigenvalue weighted by atomic mass is 16.1. The van der Waals surface area contributed by atoms with Crippen molar-refractivity contribution in [3.05, 3.63) is 17.7 Å². The van der Waals surface area contributed by atoms with E-state index in [4.69, 9.17) is 0 Å². The molecule has 2 rings (SSSR count). The second-order valence-electron chi connectivity index (χ2n) is 2.83. The maximum absolute atomic E-state index is 10.5. The Morgan fingerprint density at radius 2 is 2.45 bits per heavy atom. The van der Waals surface area contributed by atoms with E-state index in [1.165, 1.54) is 12.8 Å². The SMILES string of the molecule is O=Cc1cnc2n1CCCC2. The van der Waals surface area contributed by atoms with Crippen molar-refractivity contribution in [3.63, 3.8) is 0 Å². The van der Waals surface area contributed by atoms with E-state index in [2.05, 4.69) is 4.98 Å². The van der Waals surface area contributed by atoms with Crippen LogP contribution < -0.4 is 0 Å². The standard InChI is InChI=1S/C8H10N2O/c11-6-7-5-9-8-3-1-2-4-10(7)8/h5-6H,1-4H2. The Bertz CT molecular complexity index is 278. The first kappa shape index (κ1) is 6.58. The van der Waals surface area contributed by atoms with Gasteiger partial charge in [-0.05, 0) is 12.8 Å². The van der Waals surface area contributed by atoms with Gasteiger partial charge >= 0.3 is 0 Å². The highest BCUT2D eigenvalue weighted by Gasteiger charge is 2.12. The molecule has 1 aromatic rings. The summed E-state index contributed by atoms with van der Waals surface area (Å²) in [6.45, 7) is 0.962. The Morgan fingerprint density at radius 1 is 1.55 bits per heavy atom. The summed E-state index contributed by atoms with van der Waals surface area (Å²) in [7, 11) is 0. The van der Waals surface area contributed by atoms with Crippen LogP contribution in [0.1, 0.15) is 29.2 Å². The normalized spacial score (nSPS) is 16.0. The van der Waals surface area contributed by atoms with E-state index in [1.807, 2.05) is 4.57 Å². The van der Waals surface area contributed by atoms with E-state index < -0.39 is 0 Å². The maximum Gasteiger partial charge on any atom is 0.168 e. The monoisotopic (exact) mass is 150 g/mol. The molecule has 0 N–H and O–H groups in total. The summed E-state index contributed by atoms with van der Waals surface area (Å²) in [4.78, 5) is 14.6. The molecule has 0 aromatic carbocycles. The minimum atomic E-state index is 0.722. The number of imidazole rings is 1. The molecule has 11 heavy (non-hydrogen) atoms.